The van der Waals surface area contributed by atoms with E-state index in [1.807, 2.05) is 18.2 Å². The van der Waals surface area contributed by atoms with Gasteiger partial charge in [-0.05, 0) is 34.1 Å². The lowest BCUT2D eigenvalue weighted by molar-refractivity contribution is 0.937. The Morgan fingerprint density at radius 1 is 1.12 bits per heavy atom. The average Bonchev–Trinajstić information content (AvgIpc) is 2.66. The molecular formula is C10H6BrN5. The quantitative estimate of drug-likeness (QED) is 0.681. The standard InChI is InChI=1S/C10H6BrN5/c11-10-9(7-3-5-12-13-6-7)16-8(15-10)2-1-4-14-16/h1-6H. The van der Waals surface area contributed by atoms with Gasteiger partial charge in [-0.1, -0.05) is 0 Å². The van der Waals surface area contributed by atoms with Crippen LogP contribution in [-0.4, -0.2) is 24.8 Å². The van der Waals surface area contributed by atoms with Gasteiger partial charge in [0.1, 0.15) is 10.3 Å². The van der Waals surface area contributed by atoms with E-state index >= 15 is 0 Å². The van der Waals surface area contributed by atoms with Gasteiger partial charge in [-0.2, -0.15) is 15.3 Å². The minimum Gasteiger partial charge on any atom is -0.219 e. The van der Waals surface area contributed by atoms with Crippen LogP contribution in [0.25, 0.3) is 16.9 Å². The van der Waals surface area contributed by atoms with E-state index < -0.39 is 0 Å². The lowest BCUT2D eigenvalue weighted by Crippen LogP contribution is -1.93. The molecular weight excluding hydrogens is 270 g/mol. The summed E-state index contributed by atoms with van der Waals surface area (Å²) in [5, 5.41) is 11.9. The molecule has 0 fully saturated rings. The van der Waals surface area contributed by atoms with Crippen molar-refractivity contribution in [2.45, 2.75) is 0 Å². The van der Waals surface area contributed by atoms with Crippen LogP contribution in [0.1, 0.15) is 0 Å². The molecule has 0 aliphatic carbocycles. The molecule has 3 heterocycles. The van der Waals surface area contributed by atoms with E-state index in [1.54, 1.807) is 23.1 Å². The fourth-order valence-corrected chi connectivity index (χ4v) is 2.11. The largest absolute Gasteiger partial charge is 0.219 e. The average molecular weight is 276 g/mol. The number of aromatic nitrogens is 5. The molecule has 3 rings (SSSR count). The third kappa shape index (κ3) is 1.38. The van der Waals surface area contributed by atoms with Gasteiger partial charge in [0, 0.05) is 11.8 Å². The fourth-order valence-electron chi connectivity index (χ4n) is 1.53. The van der Waals surface area contributed by atoms with Crippen LogP contribution < -0.4 is 0 Å². The number of halogens is 1. The summed E-state index contributed by atoms with van der Waals surface area (Å²) >= 11 is 3.43. The molecule has 0 saturated carbocycles. The van der Waals surface area contributed by atoms with E-state index in [4.69, 9.17) is 0 Å². The van der Waals surface area contributed by atoms with Gasteiger partial charge in [0.2, 0.25) is 0 Å². The second-order valence-corrected chi connectivity index (χ2v) is 3.93. The van der Waals surface area contributed by atoms with E-state index in [9.17, 15) is 0 Å². The predicted molar refractivity (Wildman–Crippen MR) is 61.7 cm³/mol. The summed E-state index contributed by atoms with van der Waals surface area (Å²) in [5.41, 5.74) is 2.60. The maximum atomic E-state index is 4.36. The number of fused-ring (bicyclic) bond motifs is 1. The van der Waals surface area contributed by atoms with Gasteiger partial charge in [0.05, 0.1) is 12.4 Å². The first-order chi connectivity index (χ1) is 7.86. The molecule has 0 amide bonds. The third-order valence-corrected chi connectivity index (χ3v) is 2.76. The monoisotopic (exact) mass is 275 g/mol. The maximum Gasteiger partial charge on any atom is 0.155 e. The van der Waals surface area contributed by atoms with E-state index in [0.29, 0.717) is 0 Å². The molecule has 6 heteroatoms. The summed E-state index contributed by atoms with van der Waals surface area (Å²) in [6, 6.07) is 5.62. The van der Waals surface area contributed by atoms with Crippen molar-refractivity contribution >= 4 is 21.6 Å². The van der Waals surface area contributed by atoms with Crippen molar-refractivity contribution in [3.05, 3.63) is 41.4 Å². The molecule has 0 aliphatic rings. The van der Waals surface area contributed by atoms with Gasteiger partial charge in [-0.3, -0.25) is 0 Å². The van der Waals surface area contributed by atoms with Crippen molar-refractivity contribution in [3.63, 3.8) is 0 Å². The molecule has 0 aromatic carbocycles. The lowest BCUT2D eigenvalue weighted by Gasteiger charge is -1.99. The Kier molecular flexibility index (Phi) is 2.14. The van der Waals surface area contributed by atoms with Crippen LogP contribution in [0.15, 0.2) is 41.4 Å². The SMILES string of the molecule is Brc1nc2cccnn2c1-c1ccnnc1. The first-order valence-corrected chi connectivity index (χ1v) is 5.42. The number of nitrogens with zero attached hydrogens (tertiary/aromatic N) is 5. The van der Waals surface area contributed by atoms with Gasteiger partial charge in [0.15, 0.2) is 5.65 Å². The number of hydrogen-bond acceptors (Lipinski definition) is 4. The Morgan fingerprint density at radius 3 is 2.88 bits per heavy atom. The van der Waals surface area contributed by atoms with Crippen molar-refractivity contribution in [1.82, 2.24) is 24.8 Å². The van der Waals surface area contributed by atoms with Crippen LogP contribution in [0.3, 0.4) is 0 Å². The third-order valence-electron chi connectivity index (χ3n) is 2.21. The predicted octanol–water partition coefficient (Wildman–Crippen LogP) is 1.95. The van der Waals surface area contributed by atoms with Crippen molar-refractivity contribution in [3.8, 4) is 11.3 Å². The molecule has 16 heavy (non-hydrogen) atoms. The lowest BCUT2D eigenvalue weighted by atomic mass is 10.2. The highest BCUT2D eigenvalue weighted by atomic mass is 79.9. The van der Waals surface area contributed by atoms with Crippen molar-refractivity contribution in [2.75, 3.05) is 0 Å². The van der Waals surface area contributed by atoms with Crippen LogP contribution in [0.5, 0.6) is 0 Å². The molecule has 0 radical (unpaired) electrons. The molecule has 0 bridgehead atoms. The molecule has 0 spiro atoms. The molecule has 3 aromatic heterocycles. The zero-order chi connectivity index (χ0) is 11.0. The highest BCUT2D eigenvalue weighted by Crippen LogP contribution is 2.27. The van der Waals surface area contributed by atoms with Crippen LogP contribution in [-0.2, 0) is 0 Å². The number of imidazole rings is 1. The van der Waals surface area contributed by atoms with E-state index in [2.05, 4.69) is 36.2 Å². The van der Waals surface area contributed by atoms with Gasteiger partial charge >= 0.3 is 0 Å². The van der Waals surface area contributed by atoms with Crippen LogP contribution in [0.2, 0.25) is 0 Å². The van der Waals surface area contributed by atoms with Crippen LogP contribution in [0, 0.1) is 0 Å². The van der Waals surface area contributed by atoms with Gasteiger partial charge in [-0.15, -0.1) is 0 Å². The summed E-state index contributed by atoms with van der Waals surface area (Å²) in [7, 11) is 0. The van der Waals surface area contributed by atoms with Crippen molar-refractivity contribution < 1.29 is 0 Å². The normalized spacial score (nSPS) is 10.8. The molecule has 0 aliphatic heterocycles. The summed E-state index contributed by atoms with van der Waals surface area (Å²) in [4.78, 5) is 4.36. The Bertz CT molecular complexity index is 634. The molecule has 0 N–H and O–H groups in total. The van der Waals surface area contributed by atoms with Gasteiger partial charge in [-0.25, -0.2) is 9.50 Å². The Hall–Kier alpha value is -1.82. The summed E-state index contributed by atoms with van der Waals surface area (Å²) in [6.45, 7) is 0. The minimum atomic E-state index is 0.749. The molecule has 3 aromatic rings. The van der Waals surface area contributed by atoms with E-state index in [0.717, 1.165) is 21.5 Å². The number of rotatable bonds is 1. The summed E-state index contributed by atoms with van der Waals surface area (Å²) < 4.78 is 2.51. The van der Waals surface area contributed by atoms with Crippen molar-refractivity contribution in [1.29, 1.82) is 0 Å². The van der Waals surface area contributed by atoms with Crippen LogP contribution >= 0.6 is 15.9 Å². The zero-order valence-corrected chi connectivity index (χ0v) is 9.66. The fraction of sp³-hybridized carbons (Fsp3) is 0. The Balaban J connectivity index is 2.35. The highest BCUT2D eigenvalue weighted by Gasteiger charge is 2.12. The zero-order valence-electron chi connectivity index (χ0n) is 8.08. The first-order valence-electron chi connectivity index (χ1n) is 4.62. The summed E-state index contributed by atoms with van der Waals surface area (Å²) in [6.07, 6.45) is 5.05. The van der Waals surface area contributed by atoms with Gasteiger partial charge < -0.3 is 0 Å². The highest BCUT2D eigenvalue weighted by molar-refractivity contribution is 9.10. The molecule has 0 atom stereocenters. The molecule has 0 saturated heterocycles. The topological polar surface area (TPSA) is 56.0 Å². The molecule has 78 valence electrons. The second-order valence-electron chi connectivity index (χ2n) is 3.18. The van der Waals surface area contributed by atoms with Crippen LogP contribution in [0.4, 0.5) is 0 Å². The second kappa shape index (κ2) is 3.64. The van der Waals surface area contributed by atoms with E-state index in [1.165, 1.54) is 0 Å². The summed E-state index contributed by atoms with van der Waals surface area (Å²) in [5.74, 6) is 0. The van der Waals surface area contributed by atoms with E-state index in [-0.39, 0.29) is 0 Å². The number of hydrogen-bond donors (Lipinski definition) is 0. The molecule has 5 nitrogen and oxygen atoms in total. The Morgan fingerprint density at radius 2 is 2.06 bits per heavy atom. The van der Waals surface area contributed by atoms with Gasteiger partial charge in [0.25, 0.3) is 0 Å². The Labute approximate surface area is 99.3 Å². The maximum absolute atomic E-state index is 4.36. The molecule has 0 unspecified atom stereocenters. The minimum absolute atomic E-state index is 0.749. The first kappa shape index (κ1) is 9.41. The van der Waals surface area contributed by atoms with Crippen molar-refractivity contribution in [2.24, 2.45) is 0 Å². The smallest absolute Gasteiger partial charge is 0.155 e.